The van der Waals surface area contributed by atoms with Gasteiger partial charge in [0.25, 0.3) is 0 Å². The standard InChI is InChI=1S/C2H4ClO.Ti/c1-2(3)4;/h2H,1H3;/q-1;+1. The summed E-state index contributed by atoms with van der Waals surface area (Å²) in [5.74, 6) is 0. The number of alkyl halides is 1. The van der Waals surface area contributed by atoms with Crippen LogP contribution in [0.4, 0.5) is 0 Å². The normalized spacial score (nSPS) is 14.6. The molecule has 0 saturated heterocycles. The minimum absolute atomic E-state index is 0.144. The van der Waals surface area contributed by atoms with E-state index in [1.165, 1.54) is 0 Å². The van der Waals surface area contributed by atoms with Gasteiger partial charge in [0, 0.05) is 0 Å². The van der Waals surface area contributed by atoms with Gasteiger partial charge in [-0.3, -0.25) is 0 Å². The second-order valence-electron chi connectivity index (χ2n) is 0.661. The maximum absolute atomic E-state index is 5.24. The van der Waals surface area contributed by atoms with Crippen molar-refractivity contribution < 1.29 is 24.1 Å². The quantitative estimate of drug-likeness (QED) is 0.378. The summed E-state index contributed by atoms with van der Waals surface area (Å²) in [6, 6.07) is 0. The fourth-order valence-electron chi connectivity index (χ4n) is 0. The number of hydrogen-bond acceptors (Lipinski definition) is 1. The summed E-state index contributed by atoms with van der Waals surface area (Å²) >= 11 is 6.81. The van der Waals surface area contributed by atoms with Crippen molar-refractivity contribution in [2.45, 2.75) is 12.5 Å². The molecule has 0 aliphatic heterocycles. The molecule has 1 atom stereocenters. The molecule has 0 bridgehead atoms. The number of rotatable bonds is 1. The summed E-state index contributed by atoms with van der Waals surface area (Å²) in [4.78, 5) is 0. The molecule has 0 aromatic carbocycles. The molecule has 0 aromatic heterocycles. The third-order valence-electron chi connectivity index (χ3n) is 0.162. The number of halogens is 1. The van der Waals surface area contributed by atoms with Crippen LogP contribution in [0.15, 0.2) is 0 Å². The molecule has 5 heavy (non-hydrogen) atoms. The van der Waals surface area contributed by atoms with Crippen molar-refractivity contribution in [2.24, 2.45) is 0 Å². The Labute approximate surface area is 48.5 Å². The van der Waals surface area contributed by atoms with Gasteiger partial charge >= 0.3 is 48.2 Å². The Hall–Kier alpha value is 0.964. The third-order valence-corrected chi connectivity index (χ3v) is 1.04. The second kappa shape index (κ2) is 3.17. The van der Waals surface area contributed by atoms with Gasteiger partial charge in [-0.2, -0.15) is 0 Å². The first-order valence-corrected chi connectivity index (χ1v) is 2.31. The summed E-state index contributed by atoms with van der Waals surface area (Å²) in [6.45, 7) is 1.77. The molecule has 0 amide bonds. The van der Waals surface area contributed by atoms with E-state index in [1.54, 1.807) is 27.7 Å². The van der Waals surface area contributed by atoms with E-state index in [-0.39, 0.29) is 5.56 Å². The number of hydrogen-bond donors (Lipinski definition) is 0. The van der Waals surface area contributed by atoms with E-state index in [9.17, 15) is 0 Å². The van der Waals surface area contributed by atoms with E-state index in [0.29, 0.717) is 0 Å². The van der Waals surface area contributed by atoms with Gasteiger partial charge in [0.2, 0.25) is 0 Å². The molecule has 0 fully saturated rings. The van der Waals surface area contributed by atoms with Crippen molar-refractivity contribution in [2.75, 3.05) is 0 Å². The third kappa shape index (κ3) is 4.96. The predicted octanol–water partition coefficient (Wildman–Crippen LogP) is 1.05. The van der Waals surface area contributed by atoms with Gasteiger partial charge in [-0.25, -0.2) is 0 Å². The first-order chi connectivity index (χ1) is 2.27. The van der Waals surface area contributed by atoms with E-state index in [0.717, 1.165) is 0 Å². The van der Waals surface area contributed by atoms with Gasteiger partial charge in [0.05, 0.1) is 0 Å². The molecule has 0 spiro atoms. The van der Waals surface area contributed by atoms with Crippen molar-refractivity contribution in [3.63, 3.8) is 0 Å². The first kappa shape index (κ1) is 5.96. The molecule has 0 aliphatic carbocycles. The van der Waals surface area contributed by atoms with Crippen LogP contribution in [-0.4, -0.2) is 5.56 Å². The summed E-state index contributed by atoms with van der Waals surface area (Å²) in [5, 5.41) is 0. The topological polar surface area (TPSA) is 9.23 Å². The predicted molar refractivity (Wildman–Crippen MR) is 16.4 cm³/mol. The fourth-order valence-corrected chi connectivity index (χ4v) is 0. The van der Waals surface area contributed by atoms with Crippen molar-refractivity contribution in [1.29, 1.82) is 0 Å². The van der Waals surface area contributed by atoms with Crippen LogP contribution in [0.5, 0.6) is 0 Å². The van der Waals surface area contributed by atoms with Gasteiger partial charge in [0.15, 0.2) is 0 Å². The molecule has 0 radical (unpaired) electrons. The molecule has 0 N–H and O–H groups in total. The summed E-state index contributed by atoms with van der Waals surface area (Å²) < 4.78 is 4.52. The van der Waals surface area contributed by atoms with Gasteiger partial charge < -0.3 is 0 Å². The Balaban J connectivity index is 2.54. The molecule has 29 valence electrons. The van der Waals surface area contributed by atoms with Crippen molar-refractivity contribution in [3.8, 4) is 0 Å². The summed E-state index contributed by atoms with van der Waals surface area (Å²) in [5.41, 5.74) is -0.144. The van der Waals surface area contributed by atoms with Crippen LogP contribution in [-0.2, 0) is 24.1 Å². The van der Waals surface area contributed by atoms with Crippen LogP contribution >= 0.6 is 11.6 Å². The first-order valence-electron chi connectivity index (χ1n) is 1.24. The molecule has 0 heterocycles. The Morgan fingerprint density at radius 1 is 2.00 bits per heavy atom. The zero-order chi connectivity index (χ0) is 4.28. The molecule has 1 unspecified atom stereocenters. The minimum atomic E-state index is -0.144. The summed E-state index contributed by atoms with van der Waals surface area (Å²) in [6.07, 6.45) is 0. The molecule has 0 aromatic rings. The Morgan fingerprint density at radius 3 is 2.20 bits per heavy atom. The summed E-state index contributed by atoms with van der Waals surface area (Å²) in [7, 11) is 0. The van der Waals surface area contributed by atoms with Crippen molar-refractivity contribution in [3.05, 3.63) is 0 Å². The molecular weight excluding hydrogens is 123 g/mol. The molecule has 1 nitrogen and oxygen atoms in total. The Kier molecular flexibility index (Phi) is 3.78. The zero-order valence-electron chi connectivity index (χ0n) is 2.86. The van der Waals surface area contributed by atoms with Crippen LogP contribution in [0.25, 0.3) is 0 Å². The molecule has 0 aliphatic rings. The zero-order valence-corrected chi connectivity index (χ0v) is 5.18. The van der Waals surface area contributed by atoms with Crippen LogP contribution in [0.2, 0.25) is 0 Å². The van der Waals surface area contributed by atoms with Crippen LogP contribution in [0.3, 0.4) is 0 Å². The van der Waals surface area contributed by atoms with E-state index in [2.05, 4.69) is 3.32 Å². The SMILES string of the molecule is CC(Cl)[O][Ti]. The fraction of sp³-hybridized carbons (Fsp3) is 1.00. The van der Waals surface area contributed by atoms with Crippen molar-refractivity contribution >= 4 is 11.6 Å². The van der Waals surface area contributed by atoms with Gasteiger partial charge in [-0.1, -0.05) is 0 Å². The molecule has 0 rings (SSSR count). The average Bonchev–Trinajstić information content (AvgIpc) is 1.38. The van der Waals surface area contributed by atoms with Gasteiger partial charge in [-0.05, 0) is 0 Å². The Morgan fingerprint density at radius 2 is 2.20 bits per heavy atom. The Bertz CT molecular complexity index is 23.6. The van der Waals surface area contributed by atoms with E-state index < -0.39 is 0 Å². The monoisotopic (exact) mass is 127 g/mol. The van der Waals surface area contributed by atoms with Crippen LogP contribution < -0.4 is 0 Å². The molecule has 3 heteroatoms. The van der Waals surface area contributed by atoms with E-state index in [4.69, 9.17) is 11.6 Å². The van der Waals surface area contributed by atoms with Crippen molar-refractivity contribution in [1.82, 2.24) is 0 Å². The maximum atomic E-state index is 5.24. The second-order valence-corrected chi connectivity index (χ2v) is 1.64. The van der Waals surface area contributed by atoms with E-state index in [1.807, 2.05) is 0 Å². The molecular formula is C2H4ClOTi. The van der Waals surface area contributed by atoms with Gasteiger partial charge in [0.1, 0.15) is 0 Å². The van der Waals surface area contributed by atoms with Crippen LogP contribution in [0.1, 0.15) is 6.92 Å². The van der Waals surface area contributed by atoms with Gasteiger partial charge in [-0.15, -0.1) is 0 Å². The molecule has 0 saturated carbocycles. The van der Waals surface area contributed by atoms with E-state index >= 15 is 0 Å². The average molecular weight is 127 g/mol. The van der Waals surface area contributed by atoms with Crippen LogP contribution in [0, 0.1) is 0 Å².